The highest BCUT2D eigenvalue weighted by molar-refractivity contribution is 5.88. The molecule has 31 heavy (non-hydrogen) atoms. The van der Waals surface area contributed by atoms with Crippen LogP contribution in [0, 0.1) is 23.2 Å². The summed E-state index contributed by atoms with van der Waals surface area (Å²) in [7, 11) is 0. The largest absolute Gasteiger partial charge is 0.354 e. The Morgan fingerprint density at radius 2 is 1.71 bits per heavy atom. The Hall–Kier alpha value is -1.10. The minimum atomic E-state index is -0.439. The van der Waals surface area contributed by atoms with Crippen molar-refractivity contribution in [3.63, 3.8) is 0 Å². The predicted octanol–water partition coefficient (Wildman–Crippen LogP) is 4.75. The first kappa shape index (κ1) is 26.2. The molecule has 0 spiro atoms. The van der Waals surface area contributed by atoms with Gasteiger partial charge in [0.15, 0.2) is 0 Å². The quantitative estimate of drug-likeness (QED) is 0.514. The molecule has 0 aromatic carbocycles. The molecule has 2 rings (SSSR count). The Morgan fingerprint density at radius 3 is 2.29 bits per heavy atom. The van der Waals surface area contributed by atoms with E-state index in [0.29, 0.717) is 23.9 Å². The van der Waals surface area contributed by atoms with Gasteiger partial charge < -0.3 is 15.5 Å². The van der Waals surface area contributed by atoms with E-state index in [2.05, 4.69) is 43.2 Å². The fourth-order valence-corrected chi connectivity index (χ4v) is 5.45. The van der Waals surface area contributed by atoms with Crippen LogP contribution in [0.5, 0.6) is 0 Å². The van der Waals surface area contributed by atoms with Crippen molar-refractivity contribution in [3.05, 3.63) is 0 Å². The number of hydrogen-bond donors (Lipinski definition) is 2. The second-order valence-electron chi connectivity index (χ2n) is 11.4. The molecule has 1 aliphatic heterocycles. The summed E-state index contributed by atoms with van der Waals surface area (Å²) in [5, 5.41) is 6.18. The molecule has 2 fully saturated rings. The van der Waals surface area contributed by atoms with Gasteiger partial charge >= 0.3 is 0 Å². The molecular formula is C26H49N3O2. The van der Waals surface area contributed by atoms with Crippen molar-refractivity contribution in [2.75, 3.05) is 19.6 Å². The fraction of sp³-hybridized carbons (Fsp3) is 0.923. The van der Waals surface area contributed by atoms with E-state index in [1.165, 1.54) is 32.2 Å². The first-order chi connectivity index (χ1) is 14.6. The van der Waals surface area contributed by atoms with Crippen LogP contribution in [-0.2, 0) is 9.59 Å². The van der Waals surface area contributed by atoms with Crippen LogP contribution in [-0.4, -0.2) is 48.4 Å². The SMILES string of the molecule is CCC1CCCCN1CCCNC(=O)C(NC(=O)C1CCC(C(C)(C)C)CC1)C(C)C. The highest BCUT2D eigenvalue weighted by atomic mass is 16.2. The second-order valence-corrected chi connectivity index (χ2v) is 11.4. The van der Waals surface area contributed by atoms with Crippen molar-refractivity contribution in [3.8, 4) is 0 Å². The molecule has 0 radical (unpaired) electrons. The van der Waals surface area contributed by atoms with Crippen molar-refractivity contribution in [1.82, 2.24) is 15.5 Å². The predicted molar refractivity (Wildman–Crippen MR) is 129 cm³/mol. The molecule has 2 aliphatic rings. The van der Waals surface area contributed by atoms with Gasteiger partial charge in [0, 0.05) is 25.0 Å². The molecule has 2 N–H and O–H groups in total. The summed E-state index contributed by atoms with van der Waals surface area (Å²) in [6, 6.07) is 0.270. The van der Waals surface area contributed by atoms with Crippen LogP contribution in [0.2, 0.25) is 0 Å². The highest BCUT2D eigenvalue weighted by Crippen LogP contribution is 2.39. The molecule has 1 saturated heterocycles. The summed E-state index contributed by atoms with van der Waals surface area (Å²) in [6.45, 7) is 16.1. The van der Waals surface area contributed by atoms with Gasteiger partial charge in [-0.2, -0.15) is 0 Å². The molecular weight excluding hydrogens is 386 g/mol. The first-order valence-corrected chi connectivity index (χ1v) is 13.0. The van der Waals surface area contributed by atoms with Crippen molar-refractivity contribution < 1.29 is 9.59 Å². The minimum absolute atomic E-state index is 0.0302. The maximum absolute atomic E-state index is 12.9. The number of rotatable bonds is 9. The topological polar surface area (TPSA) is 61.4 Å². The Morgan fingerprint density at radius 1 is 1.03 bits per heavy atom. The van der Waals surface area contributed by atoms with Crippen molar-refractivity contribution >= 4 is 11.8 Å². The van der Waals surface area contributed by atoms with Gasteiger partial charge in [0.2, 0.25) is 11.8 Å². The van der Waals surface area contributed by atoms with Gasteiger partial charge in [-0.15, -0.1) is 0 Å². The van der Waals surface area contributed by atoms with Gasteiger partial charge in [-0.05, 0) is 75.2 Å². The standard InChI is InChI=1S/C26H49N3O2/c1-7-22-11-8-9-17-29(22)18-10-16-27-25(31)23(19(2)3)28-24(30)20-12-14-21(15-13-20)26(4,5)6/h19-23H,7-18H2,1-6H3,(H,27,31)(H,28,30). The summed E-state index contributed by atoms with van der Waals surface area (Å²) in [5.41, 5.74) is 0.313. The Bertz CT molecular complexity index is 561. The molecule has 1 saturated carbocycles. The number of nitrogens with zero attached hydrogens (tertiary/aromatic N) is 1. The van der Waals surface area contributed by atoms with E-state index in [4.69, 9.17) is 0 Å². The summed E-state index contributed by atoms with van der Waals surface area (Å²) >= 11 is 0. The number of carbonyl (C=O) groups is 2. The molecule has 5 heteroatoms. The third-order valence-electron chi connectivity index (χ3n) is 7.71. The monoisotopic (exact) mass is 435 g/mol. The number of likely N-dealkylation sites (tertiary alicyclic amines) is 1. The van der Waals surface area contributed by atoms with Crippen LogP contribution in [0.15, 0.2) is 0 Å². The minimum Gasteiger partial charge on any atom is -0.354 e. The zero-order chi connectivity index (χ0) is 23.0. The molecule has 180 valence electrons. The summed E-state index contributed by atoms with van der Waals surface area (Å²) < 4.78 is 0. The van der Waals surface area contributed by atoms with Crippen LogP contribution >= 0.6 is 0 Å². The van der Waals surface area contributed by atoms with Gasteiger partial charge in [-0.1, -0.05) is 48.0 Å². The smallest absolute Gasteiger partial charge is 0.242 e. The van der Waals surface area contributed by atoms with E-state index in [1.807, 2.05) is 13.8 Å². The lowest BCUT2D eigenvalue weighted by molar-refractivity contribution is -0.133. The lowest BCUT2D eigenvalue weighted by atomic mass is 9.69. The van der Waals surface area contributed by atoms with Gasteiger partial charge in [0.05, 0.1) is 0 Å². The van der Waals surface area contributed by atoms with Crippen LogP contribution in [0.25, 0.3) is 0 Å². The number of amides is 2. The average Bonchev–Trinajstić information content (AvgIpc) is 2.74. The fourth-order valence-electron chi connectivity index (χ4n) is 5.45. The van der Waals surface area contributed by atoms with Gasteiger partial charge in [-0.3, -0.25) is 9.59 Å². The van der Waals surface area contributed by atoms with Crippen molar-refractivity contribution in [2.45, 2.75) is 111 Å². The lowest BCUT2D eigenvalue weighted by Gasteiger charge is -2.37. The highest BCUT2D eigenvalue weighted by Gasteiger charge is 2.34. The van der Waals surface area contributed by atoms with E-state index in [-0.39, 0.29) is 23.7 Å². The zero-order valence-corrected chi connectivity index (χ0v) is 21.1. The Labute approximate surface area is 191 Å². The van der Waals surface area contributed by atoms with Crippen LogP contribution < -0.4 is 10.6 Å². The molecule has 0 aromatic rings. The second kappa shape index (κ2) is 12.2. The molecule has 1 heterocycles. The molecule has 1 aliphatic carbocycles. The normalized spacial score (nSPS) is 26.5. The summed E-state index contributed by atoms with van der Waals surface area (Å²) in [5.74, 6) is 0.866. The average molecular weight is 436 g/mol. The van der Waals surface area contributed by atoms with Crippen LogP contribution in [0.3, 0.4) is 0 Å². The number of piperidine rings is 1. The number of nitrogens with one attached hydrogen (secondary N) is 2. The van der Waals surface area contributed by atoms with E-state index in [0.717, 1.165) is 38.6 Å². The number of hydrogen-bond acceptors (Lipinski definition) is 3. The van der Waals surface area contributed by atoms with Crippen molar-refractivity contribution in [2.24, 2.45) is 23.2 Å². The maximum Gasteiger partial charge on any atom is 0.242 e. The summed E-state index contributed by atoms with van der Waals surface area (Å²) in [6.07, 6.45) is 10.2. The van der Waals surface area contributed by atoms with E-state index in [1.54, 1.807) is 0 Å². The molecule has 5 nitrogen and oxygen atoms in total. The lowest BCUT2D eigenvalue weighted by Crippen LogP contribution is -2.52. The zero-order valence-electron chi connectivity index (χ0n) is 21.1. The van der Waals surface area contributed by atoms with Crippen LogP contribution in [0.1, 0.15) is 99.3 Å². The van der Waals surface area contributed by atoms with Gasteiger partial charge in [0.1, 0.15) is 6.04 Å². The van der Waals surface area contributed by atoms with E-state index in [9.17, 15) is 9.59 Å². The number of carbonyl (C=O) groups excluding carboxylic acids is 2. The molecule has 0 aromatic heterocycles. The third-order valence-corrected chi connectivity index (χ3v) is 7.71. The van der Waals surface area contributed by atoms with E-state index >= 15 is 0 Å². The molecule has 2 unspecified atom stereocenters. The Balaban J connectivity index is 1.75. The Kier molecular flexibility index (Phi) is 10.3. The van der Waals surface area contributed by atoms with Gasteiger partial charge in [0.25, 0.3) is 0 Å². The first-order valence-electron chi connectivity index (χ1n) is 13.0. The maximum atomic E-state index is 12.9. The molecule has 2 atom stereocenters. The van der Waals surface area contributed by atoms with Crippen LogP contribution in [0.4, 0.5) is 0 Å². The summed E-state index contributed by atoms with van der Waals surface area (Å²) in [4.78, 5) is 28.3. The molecule has 2 amide bonds. The third kappa shape index (κ3) is 8.07. The van der Waals surface area contributed by atoms with Gasteiger partial charge in [-0.25, -0.2) is 0 Å². The van der Waals surface area contributed by atoms with Crippen molar-refractivity contribution in [1.29, 1.82) is 0 Å². The van der Waals surface area contributed by atoms with E-state index < -0.39 is 6.04 Å². The molecule has 0 bridgehead atoms.